The molecular formula is C10H23Cl2N2O+. The van der Waals surface area contributed by atoms with Crippen molar-refractivity contribution >= 4 is 23.6 Å². The van der Waals surface area contributed by atoms with E-state index in [1.807, 2.05) is 13.8 Å². The van der Waals surface area contributed by atoms with Crippen molar-refractivity contribution in [2.24, 2.45) is 0 Å². The smallest absolute Gasteiger partial charge is 0.102 e. The summed E-state index contributed by atoms with van der Waals surface area (Å²) >= 11 is 11.5. The van der Waals surface area contributed by atoms with E-state index in [1.54, 1.807) is 7.11 Å². The molecule has 0 aromatic carbocycles. The number of ether oxygens (including phenoxy) is 1. The fourth-order valence-corrected chi connectivity index (χ4v) is 1.28. The first-order valence-electron chi connectivity index (χ1n) is 5.14. The van der Waals surface area contributed by atoms with Crippen LogP contribution in [0.2, 0.25) is 0 Å². The van der Waals surface area contributed by atoms with Gasteiger partial charge in [-0.1, -0.05) is 0 Å². The predicted octanol–water partition coefficient (Wildman–Crippen LogP) is 2.49. The summed E-state index contributed by atoms with van der Waals surface area (Å²) < 4.78 is 7.23. The van der Waals surface area contributed by atoms with Crippen molar-refractivity contribution in [2.75, 3.05) is 40.9 Å². The van der Waals surface area contributed by atoms with Crippen LogP contribution < -0.4 is 0 Å². The molecule has 0 saturated carbocycles. The highest BCUT2D eigenvalue weighted by Gasteiger charge is 2.28. The molecule has 0 fully saturated rings. The summed E-state index contributed by atoms with van der Waals surface area (Å²) in [5.41, 5.74) is -0.189. The van der Waals surface area contributed by atoms with Gasteiger partial charge >= 0.3 is 0 Å². The first-order chi connectivity index (χ1) is 6.71. The van der Waals surface area contributed by atoms with E-state index in [4.69, 9.17) is 28.3 Å². The molecule has 0 spiro atoms. The average Bonchev–Trinajstić information content (AvgIpc) is 2.12. The lowest BCUT2D eigenvalue weighted by Gasteiger charge is -2.34. The molecule has 0 heterocycles. The minimum atomic E-state index is -0.189. The Kier molecular flexibility index (Phi) is 6.45. The van der Waals surface area contributed by atoms with Crippen LogP contribution in [0.5, 0.6) is 0 Å². The maximum atomic E-state index is 5.77. The molecule has 0 aromatic rings. The molecule has 0 N–H and O–H groups in total. The number of hydrogen-bond donors (Lipinski definition) is 0. The van der Waals surface area contributed by atoms with Gasteiger partial charge in [0.05, 0.1) is 32.8 Å². The maximum Gasteiger partial charge on any atom is 0.102 e. The third-order valence-electron chi connectivity index (χ3n) is 2.69. The number of hydrogen-bond acceptors (Lipinski definition) is 2. The van der Waals surface area contributed by atoms with Crippen molar-refractivity contribution < 1.29 is 9.22 Å². The second-order valence-corrected chi connectivity index (χ2v) is 6.02. The van der Waals surface area contributed by atoms with Crippen LogP contribution in [0.15, 0.2) is 0 Å². The first-order valence-corrected chi connectivity index (χ1v) is 5.82. The van der Waals surface area contributed by atoms with Crippen LogP contribution in [0.1, 0.15) is 20.3 Å². The van der Waals surface area contributed by atoms with Crippen molar-refractivity contribution in [1.82, 2.24) is 3.94 Å². The standard InChI is InChI=1S/C10H23Cl2N2O/c1-10(2,13(11)12)6-7-14(3,4)8-9-15-5/h6-9H2,1-5H3/q+1. The van der Waals surface area contributed by atoms with E-state index in [0.717, 1.165) is 30.6 Å². The lowest BCUT2D eigenvalue weighted by atomic mass is 10.0. The van der Waals surface area contributed by atoms with E-state index >= 15 is 0 Å². The molecular weight excluding hydrogens is 235 g/mol. The second-order valence-electron chi connectivity index (χ2n) is 5.17. The Hall–Kier alpha value is 0.460. The quantitative estimate of drug-likeness (QED) is 0.514. The molecule has 0 aliphatic heterocycles. The Balaban J connectivity index is 4.02. The van der Waals surface area contributed by atoms with Gasteiger partial charge in [0, 0.05) is 13.5 Å². The summed E-state index contributed by atoms with van der Waals surface area (Å²) in [4.78, 5) is 0. The maximum absolute atomic E-state index is 5.77. The number of rotatable bonds is 7. The van der Waals surface area contributed by atoms with E-state index in [9.17, 15) is 0 Å². The van der Waals surface area contributed by atoms with Crippen LogP contribution in [-0.2, 0) is 4.74 Å². The minimum absolute atomic E-state index is 0.189. The van der Waals surface area contributed by atoms with Gasteiger partial charge in [0.15, 0.2) is 0 Å². The number of likely N-dealkylation sites (N-methyl/N-ethyl adjacent to an activating group) is 1. The fraction of sp³-hybridized carbons (Fsp3) is 1.00. The number of nitrogens with zero attached hydrogens (tertiary/aromatic N) is 2. The monoisotopic (exact) mass is 257 g/mol. The van der Waals surface area contributed by atoms with Crippen molar-refractivity contribution in [2.45, 2.75) is 25.8 Å². The van der Waals surface area contributed by atoms with Crippen LogP contribution in [-0.4, -0.2) is 54.9 Å². The highest BCUT2D eigenvalue weighted by molar-refractivity contribution is 6.34. The lowest BCUT2D eigenvalue weighted by Crippen LogP contribution is -2.46. The van der Waals surface area contributed by atoms with Gasteiger partial charge in [0.25, 0.3) is 0 Å². The zero-order valence-electron chi connectivity index (χ0n) is 10.4. The van der Waals surface area contributed by atoms with Gasteiger partial charge in [-0.05, 0) is 37.4 Å². The number of methoxy groups -OCH3 is 1. The molecule has 0 bridgehead atoms. The van der Waals surface area contributed by atoms with Gasteiger partial charge in [-0.15, -0.1) is 3.94 Å². The predicted molar refractivity (Wildman–Crippen MR) is 66.0 cm³/mol. The zero-order chi connectivity index (χ0) is 12.1. The van der Waals surface area contributed by atoms with Crippen LogP contribution in [0, 0.1) is 0 Å². The van der Waals surface area contributed by atoms with Gasteiger partial charge in [0.1, 0.15) is 6.54 Å². The molecule has 15 heavy (non-hydrogen) atoms. The van der Waals surface area contributed by atoms with Gasteiger partial charge in [-0.2, -0.15) is 0 Å². The van der Waals surface area contributed by atoms with E-state index in [0.29, 0.717) is 0 Å². The molecule has 3 nitrogen and oxygen atoms in total. The third kappa shape index (κ3) is 6.59. The van der Waals surface area contributed by atoms with E-state index in [1.165, 1.54) is 3.94 Å². The summed E-state index contributed by atoms with van der Waals surface area (Å²) in [5.74, 6) is 0. The third-order valence-corrected chi connectivity index (χ3v) is 3.60. The summed E-state index contributed by atoms with van der Waals surface area (Å²) in [6.07, 6.45) is 0.941. The molecule has 92 valence electrons. The van der Waals surface area contributed by atoms with Gasteiger partial charge in [0.2, 0.25) is 0 Å². The molecule has 5 heteroatoms. The largest absolute Gasteiger partial charge is 0.379 e. The van der Waals surface area contributed by atoms with Gasteiger partial charge in [-0.25, -0.2) is 0 Å². The molecule has 0 amide bonds. The van der Waals surface area contributed by atoms with Crippen LogP contribution in [0.3, 0.4) is 0 Å². The zero-order valence-corrected chi connectivity index (χ0v) is 11.9. The van der Waals surface area contributed by atoms with Crippen molar-refractivity contribution in [3.63, 3.8) is 0 Å². The Bertz CT molecular complexity index is 184. The molecule has 0 rings (SSSR count). The Morgan fingerprint density at radius 3 is 2.13 bits per heavy atom. The number of quaternary nitrogens is 1. The van der Waals surface area contributed by atoms with E-state index in [-0.39, 0.29) is 5.54 Å². The van der Waals surface area contributed by atoms with Crippen LogP contribution in [0.25, 0.3) is 0 Å². The topological polar surface area (TPSA) is 12.5 Å². The summed E-state index contributed by atoms with van der Waals surface area (Å²) in [5, 5.41) is 0. The summed E-state index contributed by atoms with van der Waals surface area (Å²) in [6.45, 7) is 6.86. The molecule has 0 aromatic heterocycles. The van der Waals surface area contributed by atoms with E-state index in [2.05, 4.69) is 14.1 Å². The Morgan fingerprint density at radius 2 is 1.73 bits per heavy atom. The summed E-state index contributed by atoms with van der Waals surface area (Å²) in [6, 6.07) is 0. The second kappa shape index (κ2) is 6.26. The molecule has 0 radical (unpaired) electrons. The summed E-state index contributed by atoms with van der Waals surface area (Å²) in [7, 11) is 6.09. The fourth-order valence-electron chi connectivity index (χ4n) is 1.11. The average molecular weight is 258 g/mol. The van der Waals surface area contributed by atoms with E-state index < -0.39 is 0 Å². The molecule has 0 unspecified atom stereocenters. The normalized spacial score (nSPS) is 13.6. The Morgan fingerprint density at radius 1 is 1.20 bits per heavy atom. The molecule has 0 aliphatic rings. The Labute approximate surface area is 104 Å². The van der Waals surface area contributed by atoms with Crippen molar-refractivity contribution in [1.29, 1.82) is 0 Å². The van der Waals surface area contributed by atoms with Gasteiger partial charge < -0.3 is 9.22 Å². The van der Waals surface area contributed by atoms with Crippen LogP contribution in [0.4, 0.5) is 0 Å². The molecule has 0 atom stereocenters. The minimum Gasteiger partial charge on any atom is -0.379 e. The van der Waals surface area contributed by atoms with Crippen molar-refractivity contribution in [3.8, 4) is 0 Å². The molecule has 0 aliphatic carbocycles. The number of halogens is 2. The lowest BCUT2D eigenvalue weighted by molar-refractivity contribution is -0.891. The first kappa shape index (κ1) is 15.5. The van der Waals surface area contributed by atoms with Crippen LogP contribution >= 0.6 is 23.6 Å². The highest BCUT2D eigenvalue weighted by Crippen LogP contribution is 2.24. The molecule has 0 saturated heterocycles. The van der Waals surface area contributed by atoms with Gasteiger partial charge in [-0.3, -0.25) is 0 Å². The highest BCUT2D eigenvalue weighted by atomic mass is 35.5. The van der Waals surface area contributed by atoms with Crippen molar-refractivity contribution in [3.05, 3.63) is 0 Å². The SMILES string of the molecule is COCC[N+](C)(C)CCC(C)(C)N(Cl)Cl.